The van der Waals surface area contributed by atoms with Crippen molar-refractivity contribution in [3.8, 4) is 0 Å². The Morgan fingerprint density at radius 2 is 2.35 bits per heavy atom. The van der Waals surface area contributed by atoms with Crippen molar-refractivity contribution in [3.05, 3.63) is 27.2 Å². The number of nitrogens with zero attached hydrogens (tertiary/aromatic N) is 3. The molecule has 0 bridgehead atoms. The van der Waals surface area contributed by atoms with Gasteiger partial charge in [-0.2, -0.15) is 5.10 Å². The van der Waals surface area contributed by atoms with Crippen LogP contribution in [0.1, 0.15) is 20.2 Å². The molecule has 0 saturated heterocycles. The van der Waals surface area contributed by atoms with Crippen LogP contribution in [0.5, 0.6) is 0 Å². The minimum atomic E-state index is -0.156. The van der Waals surface area contributed by atoms with Gasteiger partial charge in [0.1, 0.15) is 9.71 Å². The van der Waals surface area contributed by atoms with Crippen LogP contribution >= 0.6 is 22.7 Å². The number of hydrogen-bond donors (Lipinski definition) is 2. The number of fused-ring (bicyclic) bond motifs is 1. The van der Waals surface area contributed by atoms with Crippen LogP contribution in [-0.4, -0.2) is 20.7 Å². The molecular weight excluding hydrogens is 294 g/mol. The van der Waals surface area contributed by atoms with Crippen molar-refractivity contribution in [2.24, 2.45) is 7.05 Å². The number of carbonyl (C=O) groups excluding carboxylic acids is 1. The van der Waals surface area contributed by atoms with Gasteiger partial charge in [-0.05, 0) is 6.92 Å². The lowest BCUT2D eigenvalue weighted by Crippen LogP contribution is -2.22. The number of anilines is 1. The van der Waals surface area contributed by atoms with Gasteiger partial charge in [0.05, 0.1) is 28.8 Å². The molecule has 3 aromatic rings. The van der Waals surface area contributed by atoms with Gasteiger partial charge in [0.25, 0.3) is 5.91 Å². The summed E-state index contributed by atoms with van der Waals surface area (Å²) in [5.41, 5.74) is 9.19. The predicted molar refractivity (Wildman–Crippen MR) is 81.0 cm³/mol. The van der Waals surface area contributed by atoms with Crippen LogP contribution in [0.4, 0.5) is 5.69 Å². The van der Waals surface area contributed by atoms with Crippen molar-refractivity contribution in [1.29, 1.82) is 0 Å². The van der Waals surface area contributed by atoms with E-state index < -0.39 is 0 Å². The van der Waals surface area contributed by atoms with Crippen molar-refractivity contribution < 1.29 is 4.79 Å². The molecule has 0 aliphatic heterocycles. The van der Waals surface area contributed by atoms with E-state index in [1.807, 2.05) is 14.0 Å². The van der Waals surface area contributed by atoms with Gasteiger partial charge in [0.15, 0.2) is 0 Å². The van der Waals surface area contributed by atoms with Crippen LogP contribution < -0.4 is 11.1 Å². The monoisotopic (exact) mass is 307 g/mol. The van der Waals surface area contributed by atoms with Crippen LogP contribution in [0.25, 0.3) is 10.2 Å². The van der Waals surface area contributed by atoms with Crippen LogP contribution in [0.3, 0.4) is 0 Å². The van der Waals surface area contributed by atoms with Gasteiger partial charge < -0.3 is 11.1 Å². The molecule has 0 unspecified atom stereocenters. The molecule has 0 aromatic carbocycles. The van der Waals surface area contributed by atoms with Crippen molar-refractivity contribution in [2.45, 2.75) is 13.5 Å². The molecule has 8 heteroatoms. The van der Waals surface area contributed by atoms with E-state index in [1.54, 1.807) is 16.4 Å². The van der Waals surface area contributed by atoms with Gasteiger partial charge in [-0.3, -0.25) is 14.5 Å². The van der Waals surface area contributed by atoms with E-state index >= 15 is 0 Å². The summed E-state index contributed by atoms with van der Waals surface area (Å²) in [6.07, 6.45) is 1.74. The first-order valence-corrected chi connectivity index (χ1v) is 7.64. The third-order valence-electron chi connectivity index (χ3n) is 3.00. The quantitative estimate of drug-likeness (QED) is 0.774. The molecule has 6 nitrogen and oxygen atoms in total. The fourth-order valence-electron chi connectivity index (χ4n) is 2.08. The molecule has 3 N–H and O–H groups in total. The molecule has 0 aliphatic rings. The highest BCUT2D eigenvalue weighted by molar-refractivity contribution is 7.21. The number of carbonyl (C=O) groups is 1. The highest BCUT2D eigenvalue weighted by Crippen LogP contribution is 2.35. The third kappa shape index (κ3) is 2.06. The molecule has 0 radical (unpaired) electrons. The average Bonchev–Trinajstić information content (AvgIpc) is 3.08. The Balaban J connectivity index is 1.88. The zero-order valence-electron chi connectivity index (χ0n) is 11.0. The Kier molecular flexibility index (Phi) is 3.19. The molecule has 3 rings (SSSR count). The van der Waals surface area contributed by atoms with Crippen LogP contribution in [0.2, 0.25) is 0 Å². The summed E-state index contributed by atoms with van der Waals surface area (Å²) >= 11 is 2.88. The summed E-state index contributed by atoms with van der Waals surface area (Å²) in [6, 6.07) is 0. The van der Waals surface area contributed by atoms with E-state index in [1.165, 1.54) is 22.7 Å². The van der Waals surface area contributed by atoms with Crippen LogP contribution in [0, 0.1) is 6.92 Å². The zero-order valence-corrected chi connectivity index (χ0v) is 12.6. The van der Waals surface area contributed by atoms with Gasteiger partial charge in [0, 0.05) is 18.1 Å². The Labute approximate surface area is 123 Å². The number of hydrogen-bond acceptors (Lipinski definition) is 6. The second kappa shape index (κ2) is 4.88. The highest BCUT2D eigenvalue weighted by atomic mass is 32.1. The number of aromatic nitrogens is 3. The summed E-state index contributed by atoms with van der Waals surface area (Å²) in [5, 5.41) is 8.05. The summed E-state index contributed by atoms with van der Waals surface area (Å²) in [5.74, 6) is -0.156. The minimum absolute atomic E-state index is 0.156. The smallest absolute Gasteiger partial charge is 0.263 e. The SMILES string of the molecule is Cc1nn(C)c2sc(C(=O)NCc3cncs3)c(N)c12. The molecule has 0 saturated carbocycles. The maximum Gasteiger partial charge on any atom is 0.263 e. The molecule has 3 aromatic heterocycles. The lowest BCUT2D eigenvalue weighted by Gasteiger charge is -2.02. The number of amides is 1. The number of aryl methyl sites for hydroxylation is 2. The first kappa shape index (κ1) is 13.1. The van der Waals surface area contributed by atoms with Crippen molar-refractivity contribution in [3.63, 3.8) is 0 Å². The molecule has 0 atom stereocenters. The second-order valence-electron chi connectivity index (χ2n) is 4.38. The maximum atomic E-state index is 12.2. The van der Waals surface area contributed by atoms with E-state index in [2.05, 4.69) is 15.4 Å². The second-order valence-corrected chi connectivity index (χ2v) is 6.35. The van der Waals surface area contributed by atoms with Crippen molar-refractivity contribution >= 4 is 44.5 Å². The summed E-state index contributed by atoms with van der Waals surface area (Å²) in [6.45, 7) is 2.36. The van der Waals surface area contributed by atoms with E-state index in [4.69, 9.17) is 5.73 Å². The first-order valence-electron chi connectivity index (χ1n) is 5.95. The molecule has 0 spiro atoms. The van der Waals surface area contributed by atoms with E-state index in [0.29, 0.717) is 17.1 Å². The normalized spacial score (nSPS) is 11.1. The topological polar surface area (TPSA) is 85.8 Å². The fourth-order valence-corrected chi connectivity index (χ4v) is 3.71. The minimum Gasteiger partial charge on any atom is -0.397 e. The molecule has 3 heterocycles. The van der Waals surface area contributed by atoms with Gasteiger partial charge in [0.2, 0.25) is 0 Å². The standard InChI is InChI=1S/C12H13N5OS2/c1-6-8-9(13)10(20-12(8)17(2)16-6)11(18)15-4-7-3-14-5-19-7/h3,5H,4,13H2,1-2H3,(H,15,18). The van der Waals surface area contributed by atoms with Crippen LogP contribution in [0.15, 0.2) is 11.7 Å². The number of nitrogens with one attached hydrogen (secondary N) is 1. The molecular formula is C12H13N5OS2. The average molecular weight is 307 g/mol. The lowest BCUT2D eigenvalue weighted by molar-refractivity contribution is 0.0956. The number of nitrogens with two attached hydrogens (primary N) is 1. The van der Waals surface area contributed by atoms with Gasteiger partial charge in [-0.1, -0.05) is 0 Å². The maximum absolute atomic E-state index is 12.2. The predicted octanol–water partition coefficient (Wildman–Crippen LogP) is 1.91. The van der Waals surface area contributed by atoms with Gasteiger partial charge in [-0.25, -0.2) is 0 Å². The molecule has 104 valence electrons. The highest BCUT2D eigenvalue weighted by Gasteiger charge is 2.20. The summed E-state index contributed by atoms with van der Waals surface area (Å²) < 4.78 is 1.76. The Hall–Kier alpha value is -1.93. The Morgan fingerprint density at radius 1 is 1.55 bits per heavy atom. The van der Waals surface area contributed by atoms with E-state index in [9.17, 15) is 4.79 Å². The Morgan fingerprint density at radius 3 is 3.00 bits per heavy atom. The Bertz CT molecular complexity index is 772. The van der Waals surface area contributed by atoms with Crippen molar-refractivity contribution in [1.82, 2.24) is 20.1 Å². The molecule has 0 fully saturated rings. The lowest BCUT2D eigenvalue weighted by atomic mass is 10.2. The van der Waals surface area contributed by atoms with Crippen molar-refractivity contribution in [2.75, 3.05) is 5.73 Å². The van der Waals surface area contributed by atoms with Gasteiger partial charge in [-0.15, -0.1) is 22.7 Å². The summed E-state index contributed by atoms with van der Waals surface area (Å²) in [7, 11) is 1.85. The number of rotatable bonds is 3. The third-order valence-corrected chi connectivity index (χ3v) is 5.05. The number of nitrogen functional groups attached to an aromatic ring is 1. The number of thiazole rings is 1. The van der Waals surface area contributed by atoms with Crippen LogP contribution in [-0.2, 0) is 13.6 Å². The van der Waals surface area contributed by atoms with E-state index in [-0.39, 0.29) is 5.91 Å². The zero-order chi connectivity index (χ0) is 14.3. The molecule has 20 heavy (non-hydrogen) atoms. The largest absolute Gasteiger partial charge is 0.397 e. The van der Waals surface area contributed by atoms with Gasteiger partial charge >= 0.3 is 0 Å². The first-order chi connectivity index (χ1) is 9.58. The fraction of sp³-hybridized carbons (Fsp3) is 0.250. The summed E-state index contributed by atoms with van der Waals surface area (Å²) in [4.78, 5) is 18.7. The van der Waals surface area contributed by atoms with E-state index in [0.717, 1.165) is 20.8 Å². The molecule has 1 amide bonds. The number of thiophene rings is 1. The molecule has 0 aliphatic carbocycles.